The van der Waals surface area contributed by atoms with Crippen molar-refractivity contribution in [2.75, 3.05) is 0 Å². The van der Waals surface area contributed by atoms with Crippen LogP contribution < -0.4 is 0 Å². The molecule has 1 fully saturated rings. The molecule has 0 amide bonds. The molecule has 0 heterocycles. The third-order valence-corrected chi connectivity index (χ3v) is 3.39. The first-order valence-corrected chi connectivity index (χ1v) is 6.92. The monoisotopic (exact) mass is 271 g/mol. The molecule has 0 saturated heterocycles. The molecule has 1 aliphatic rings. The van der Waals surface area contributed by atoms with Gasteiger partial charge in [-0.05, 0) is 42.9 Å². The highest BCUT2D eigenvalue weighted by atomic mass is 16.1. The van der Waals surface area contributed by atoms with E-state index in [0.717, 1.165) is 17.0 Å². The molecule has 0 bridgehead atoms. The summed E-state index contributed by atoms with van der Waals surface area (Å²) in [6.45, 7) is 0. The molecule has 0 aromatic heterocycles. The average Bonchev–Trinajstić information content (AvgIpc) is 3.07. The Labute approximate surface area is 126 Å². The molecule has 2 aromatic rings. The van der Waals surface area contributed by atoms with Crippen LogP contribution in [0.3, 0.4) is 0 Å². The number of rotatable bonds is 4. The fraction of sp³-hybridized carbons (Fsp3) is 0. The van der Waals surface area contributed by atoms with Crippen LogP contribution in [0.2, 0.25) is 0 Å². The highest BCUT2D eigenvalue weighted by molar-refractivity contribution is 6.05. The third kappa shape index (κ3) is 3.49. The predicted molar refractivity (Wildman–Crippen MR) is 85.8 cm³/mol. The van der Waals surface area contributed by atoms with Crippen molar-refractivity contribution in [3.8, 4) is 11.1 Å². The van der Waals surface area contributed by atoms with Gasteiger partial charge in [0.15, 0.2) is 5.78 Å². The molecule has 3 rings (SSSR count). The molecule has 0 spiro atoms. The Bertz CT molecular complexity index is 617. The van der Waals surface area contributed by atoms with E-state index in [2.05, 4.69) is 12.1 Å². The van der Waals surface area contributed by atoms with Crippen molar-refractivity contribution in [1.82, 2.24) is 0 Å². The second-order valence-corrected chi connectivity index (χ2v) is 4.86. The van der Waals surface area contributed by atoms with Crippen LogP contribution in [0.25, 0.3) is 11.1 Å². The fourth-order valence-corrected chi connectivity index (χ4v) is 2.23. The number of carbonyl (C=O) groups is 1. The summed E-state index contributed by atoms with van der Waals surface area (Å²) in [7, 11) is 0. The Morgan fingerprint density at radius 2 is 1.38 bits per heavy atom. The van der Waals surface area contributed by atoms with E-state index in [0.29, 0.717) is 5.56 Å². The maximum absolute atomic E-state index is 12.1. The van der Waals surface area contributed by atoms with Gasteiger partial charge >= 0.3 is 0 Å². The zero-order chi connectivity index (χ0) is 14.5. The molecule has 101 valence electrons. The molecule has 1 heteroatoms. The zero-order valence-electron chi connectivity index (χ0n) is 11.6. The number of ketones is 1. The standard InChI is InChI=1S/C20H15O/c21-20(15-10-16-6-4-5-7-16)19-13-11-18(12-14-19)17-8-2-1-3-9-17/h1-15H/b15-10+. The van der Waals surface area contributed by atoms with Crippen molar-refractivity contribution in [2.45, 2.75) is 0 Å². The molecule has 1 saturated carbocycles. The van der Waals surface area contributed by atoms with Crippen molar-refractivity contribution in [3.63, 3.8) is 0 Å². The van der Waals surface area contributed by atoms with Crippen molar-refractivity contribution in [1.29, 1.82) is 0 Å². The quantitative estimate of drug-likeness (QED) is 0.591. The molecule has 1 nitrogen and oxygen atoms in total. The number of hydrogen-bond donors (Lipinski definition) is 0. The topological polar surface area (TPSA) is 17.1 Å². The van der Waals surface area contributed by atoms with E-state index < -0.39 is 0 Å². The summed E-state index contributed by atoms with van der Waals surface area (Å²) in [4.78, 5) is 12.1. The van der Waals surface area contributed by atoms with Gasteiger partial charge in [-0.1, -0.05) is 60.7 Å². The Kier molecular flexibility index (Phi) is 4.30. The lowest BCUT2D eigenvalue weighted by Gasteiger charge is -2.03. The summed E-state index contributed by atoms with van der Waals surface area (Å²) >= 11 is 0. The number of allylic oxidation sites excluding steroid dienone is 2. The van der Waals surface area contributed by atoms with E-state index in [1.165, 1.54) is 0 Å². The van der Waals surface area contributed by atoms with Crippen LogP contribution in [-0.2, 0) is 0 Å². The fourth-order valence-electron chi connectivity index (χ4n) is 2.23. The van der Waals surface area contributed by atoms with E-state index in [9.17, 15) is 4.79 Å². The van der Waals surface area contributed by atoms with Crippen LogP contribution in [0.4, 0.5) is 0 Å². The maximum Gasteiger partial charge on any atom is 0.185 e. The van der Waals surface area contributed by atoms with Crippen LogP contribution in [0, 0.1) is 31.6 Å². The van der Waals surface area contributed by atoms with Gasteiger partial charge in [0.25, 0.3) is 0 Å². The van der Waals surface area contributed by atoms with Crippen molar-refractivity contribution >= 4 is 5.78 Å². The van der Waals surface area contributed by atoms with Crippen molar-refractivity contribution in [3.05, 3.63) is 104 Å². The predicted octanol–water partition coefficient (Wildman–Crippen LogP) is 4.50. The molecule has 1 aliphatic carbocycles. The Hall–Kier alpha value is -2.15. The minimum Gasteiger partial charge on any atom is -0.289 e. The molecule has 0 atom stereocenters. The first-order chi connectivity index (χ1) is 10.3. The largest absolute Gasteiger partial charge is 0.289 e. The minimum atomic E-state index is 0.0239. The van der Waals surface area contributed by atoms with Crippen LogP contribution in [0.15, 0.2) is 66.7 Å². The van der Waals surface area contributed by atoms with E-state index in [1.807, 2.05) is 74.2 Å². The average molecular weight is 271 g/mol. The highest BCUT2D eigenvalue weighted by Crippen LogP contribution is 2.24. The lowest BCUT2D eigenvalue weighted by atomic mass is 10.0. The van der Waals surface area contributed by atoms with Crippen LogP contribution >= 0.6 is 0 Å². The Morgan fingerprint density at radius 1 is 0.762 bits per heavy atom. The van der Waals surface area contributed by atoms with Gasteiger partial charge in [-0.2, -0.15) is 0 Å². The summed E-state index contributed by atoms with van der Waals surface area (Å²) in [5, 5.41) is 0. The number of hydrogen-bond acceptors (Lipinski definition) is 1. The Morgan fingerprint density at radius 3 is 2.05 bits per heavy atom. The first kappa shape index (κ1) is 13.8. The summed E-state index contributed by atoms with van der Waals surface area (Å²) in [5.41, 5.74) is 2.98. The highest BCUT2D eigenvalue weighted by Gasteiger charge is 2.14. The summed E-state index contributed by atoms with van der Waals surface area (Å²) in [6, 6.07) is 17.9. The normalized spacial score (nSPS) is 15.6. The van der Waals surface area contributed by atoms with Gasteiger partial charge in [0.1, 0.15) is 0 Å². The summed E-state index contributed by atoms with van der Waals surface area (Å²) in [5.74, 6) is 1.07. The zero-order valence-corrected chi connectivity index (χ0v) is 11.6. The smallest absolute Gasteiger partial charge is 0.185 e. The third-order valence-electron chi connectivity index (χ3n) is 3.39. The first-order valence-electron chi connectivity index (χ1n) is 6.92. The second-order valence-electron chi connectivity index (χ2n) is 4.86. The van der Waals surface area contributed by atoms with Gasteiger partial charge in [0.05, 0.1) is 0 Å². The molecule has 0 N–H and O–H groups in total. The molecular weight excluding hydrogens is 256 g/mol. The second kappa shape index (κ2) is 6.53. The minimum absolute atomic E-state index is 0.0239. The lowest BCUT2D eigenvalue weighted by Crippen LogP contribution is -1.95. The molecule has 5 radical (unpaired) electrons. The SMILES string of the molecule is O=C(/C=C/[C]1[CH][CH][CH][CH]1)c1ccc(-c2ccccc2)cc1. The Balaban J connectivity index is 1.70. The van der Waals surface area contributed by atoms with Gasteiger partial charge in [0.2, 0.25) is 0 Å². The summed E-state index contributed by atoms with van der Waals surface area (Å²) in [6.07, 6.45) is 11.3. The summed E-state index contributed by atoms with van der Waals surface area (Å²) < 4.78 is 0. The van der Waals surface area contributed by atoms with E-state index in [-0.39, 0.29) is 5.78 Å². The van der Waals surface area contributed by atoms with Crippen LogP contribution in [-0.4, -0.2) is 5.78 Å². The van der Waals surface area contributed by atoms with E-state index >= 15 is 0 Å². The molecule has 2 aromatic carbocycles. The maximum atomic E-state index is 12.1. The molecule has 0 unspecified atom stereocenters. The number of benzene rings is 2. The van der Waals surface area contributed by atoms with Crippen molar-refractivity contribution in [2.24, 2.45) is 0 Å². The molecule has 21 heavy (non-hydrogen) atoms. The van der Waals surface area contributed by atoms with Crippen LogP contribution in [0.1, 0.15) is 10.4 Å². The van der Waals surface area contributed by atoms with Crippen LogP contribution in [0.5, 0.6) is 0 Å². The van der Waals surface area contributed by atoms with Gasteiger partial charge in [0, 0.05) is 11.5 Å². The van der Waals surface area contributed by atoms with E-state index in [4.69, 9.17) is 0 Å². The molecular formula is C20H15O. The number of carbonyl (C=O) groups excluding carboxylic acids is 1. The van der Waals surface area contributed by atoms with Crippen molar-refractivity contribution < 1.29 is 4.79 Å². The van der Waals surface area contributed by atoms with Gasteiger partial charge in [-0.25, -0.2) is 0 Å². The van der Waals surface area contributed by atoms with Gasteiger partial charge in [-0.15, -0.1) is 0 Å². The van der Waals surface area contributed by atoms with E-state index in [1.54, 1.807) is 6.08 Å². The van der Waals surface area contributed by atoms with Gasteiger partial charge < -0.3 is 0 Å². The molecule has 0 aliphatic heterocycles. The van der Waals surface area contributed by atoms with Gasteiger partial charge in [-0.3, -0.25) is 4.79 Å². The lowest BCUT2D eigenvalue weighted by molar-refractivity contribution is 0.104.